The predicted molar refractivity (Wildman–Crippen MR) is 265 cm³/mol. The predicted octanol–water partition coefficient (Wildman–Crippen LogP) is 4.96. The number of nitrogens with one attached hydrogen (secondary N) is 5. The lowest BCUT2D eigenvalue weighted by atomic mass is 10.0. The number of methoxy groups -OCH3 is 2. The average molecular weight is 1020 g/mol. The summed E-state index contributed by atoms with van der Waals surface area (Å²) in [6.07, 6.45) is 1.25. The first kappa shape index (κ1) is 56.1. The van der Waals surface area contributed by atoms with Crippen molar-refractivity contribution < 1.29 is 77.3 Å². The maximum atomic E-state index is 13.7. The summed E-state index contributed by atoms with van der Waals surface area (Å²) < 4.78 is 33.5. The van der Waals surface area contributed by atoms with Crippen molar-refractivity contribution in [3.63, 3.8) is 0 Å². The molecular formula is C50H65N7O16. The summed E-state index contributed by atoms with van der Waals surface area (Å²) in [5.41, 5.74) is 1.16. The zero-order valence-corrected chi connectivity index (χ0v) is 41.5. The first-order valence-electron chi connectivity index (χ1n) is 23.7. The van der Waals surface area contributed by atoms with Gasteiger partial charge in [0.25, 0.3) is 11.8 Å². The molecule has 73 heavy (non-hydrogen) atoms. The van der Waals surface area contributed by atoms with Crippen molar-refractivity contribution in [1.29, 1.82) is 0 Å². The van der Waals surface area contributed by atoms with Gasteiger partial charge in [0, 0.05) is 30.9 Å². The third-order valence-electron chi connectivity index (χ3n) is 12.0. The Bertz CT molecular complexity index is 2450. The van der Waals surface area contributed by atoms with E-state index in [1.54, 1.807) is 38.1 Å². The van der Waals surface area contributed by atoms with Crippen molar-refractivity contribution in [3.8, 4) is 23.0 Å². The molecule has 0 saturated carbocycles. The van der Waals surface area contributed by atoms with Gasteiger partial charge in [-0.15, -0.1) is 0 Å². The van der Waals surface area contributed by atoms with Gasteiger partial charge in [-0.25, -0.2) is 14.4 Å². The maximum Gasteiger partial charge on any atom is 0.411 e. The maximum absolute atomic E-state index is 13.7. The summed E-state index contributed by atoms with van der Waals surface area (Å²) in [5.74, 6) is -1.44. The average Bonchev–Trinajstić information content (AvgIpc) is 3.33. The van der Waals surface area contributed by atoms with Gasteiger partial charge in [0.1, 0.15) is 25.3 Å². The van der Waals surface area contributed by atoms with E-state index in [-0.39, 0.29) is 97.1 Å². The molecule has 4 atom stereocenters. The van der Waals surface area contributed by atoms with Crippen molar-refractivity contribution in [1.82, 2.24) is 20.4 Å². The molecule has 0 aromatic heterocycles. The van der Waals surface area contributed by atoms with Crippen LogP contribution in [0.25, 0.3) is 0 Å². The molecule has 2 saturated heterocycles. The van der Waals surface area contributed by atoms with Gasteiger partial charge in [-0.3, -0.25) is 29.8 Å². The monoisotopic (exact) mass is 1020 g/mol. The Morgan fingerprint density at radius 1 is 0.685 bits per heavy atom. The number of unbranched alkanes of at least 4 members (excludes halogenated alkanes) is 2. The van der Waals surface area contributed by atoms with E-state index in [0.29, 0.717) is 56.4 Å². The van der Waals surface area contributed by atoms with E-state index >= 15 is 0 Å². The Morgan fingerprint density at radius 3 is 1.67 bits per heavy atom. The minimum atomic E-state index is -1.37. The zero-order valence-electron chi connectivity index (χ0n) is 41.5. The number of benzene rings is 3. The molecule has 2 aliphatic heterocycles. The van der Waals surface area contributed by atoms with E-state index in [1.165, 1.54) is 61.3 Å². The van der Waals surface area contributed by atoms with Crippen LogP contribution in [0.5, 0.6) is 23.0 Å². The van der Waals surface area contributed by atoms with Crippen LogP contribution in [-0.2, 0) is 25.7 Å². The smallest absolute Gasteiger partial charge is 0.411 e. The lowest BCUT2D eigenvalue weighted by Gasteiger charge is -2.40. The van der Waals surface area contributed by atoms with Crippen molar-refractivity contribution in [2.75, 3.05) is 76.3 Å². The number of aliphatic hydroxyl groups excluding tert-OH is 2. The van der Waals surface area contributed by atoms with Gasteiger partial charge in [-0.2, -0.15) is 0 Å². The van der Waals surface area contributed by atoms with Crippen LogP contribution in [-0.4, -0.2) is 152 Å². The molecule has 0 unspecified atom stereocenters. The Hall–Kier alpha value is -7.79. The van der Waals surface area contributed by atoms with E-state index in [0.717, 1.165) is 0 Å². The summed E-state index contributed by atoms with van der Waals surface area (Å²) in [5, 5.41) is 41.6. The van der Waals surface area contributed by atoms with Crippen molar-refractivity contribution in [2.45, 2.75) is 83.6 Å². The highest BCUT2D eigenvalue weighted by atomic mass is 16.6. The Labute approximate surface area is 422 Å². The number of carbonyl (C=O) groups is 7. The molecule has 5 rings (SSSR count). The van der Waals surface area contributed by atoms with Gasteiger partial charge in [0.2, 0.25) is 11.8 Å². The minimum Gasteiger partial charge on any atom is -0.493 e. The number of nitrogens with zero attached hydrogens (tertiary/aromatic N) is 2. The van der Waals surface area contributed by atoms with Crippen LogP contribution in [0.1, 0.15) is 79.2 Å². The molecule has 8 N–H and O–H groups in total. The number of hydrogen-bond donors (Lipinski definition) is 8. The molecule has 0 bridgehead atoms. The molecule has 3 aromatic rings. The van der Waals surface area contributed by atoms with Crippen LogP contribution in [0.3, 0.4) is 0 Å². The number of likely N-dealkylation sites (tertiary alicyclic amines) is 2. The lowest BCUT2D eigenvalue weighted by molar-refractivity contribution is -0.128. The number of carbonyl (C=O) groups excluding carboxylic acids is 6. The van der Waals surface area contributed by atoms with E-state index < -0.39 is 60.0 Å². The van der Waals surface area contributed by atoms with Gasteiger partial charge in [0.15, 0.2) is 23.0 Å². The van der Waals surface area contributed by atoms with Crippen molar-refractivity contribution in [2.24, 2.45) is 5.92 Å². The molecule has 0 spiro atoms. The molecule has 2 heterocycles. The molecule has 0 aliphatic carbocycles. The molecule has 7 amide bonds. The lowest BCUT2D eigenvalue weighted by Crippen LogP contribution is -2.53. The molecule has 23 nitrogen and oxygen atoms in total. The highest BCUT2D eigenvalue weighted by Crippen LogP contribution is 2.38. The summed E-state index contributed by atoms with van der Waals surface area (Å²) >= 11 is 0. The van der Waals surface area contributed by atoms with Crippen LogP contribution in [0.4, 0.5) is 31.4 Å². The largest absolute Gasteiger partial charge is 0.493 e. The quantitative estimate of drug-likeness (QED) is 0.0389. The normalized spacial score (nSPS) is 15.5. The van der Waals surface area contributed by atoms with Gasteiger partial charge in [0.05, 0.1) is 75.2 Å². The fourth-order valence-corrected chi connectivity index (χ4v) is 7.63. The highest BCUT2D eigenvalue weighted by molar-refractivity contribution is 6.05. The summed E-state index contributed by atoms with van der Waals surface area (Å²) in [6.45, 7) is 8.98. The van der Waals surface area contributed by atoms with Crippen LogP contribution in [0, 0.1) is 5.92 Å². The third kappa shape index (κ3) is 15.4. The zero-order chi connectivity index (χ0) is 53.2. The molecule has 0 radical (unpaired) electrons. The van der Waals surface area contributed by atoms with E-state index in [1.807, 2.05) is 0 Å². The summed E-state index contributed by atoms with van der Waals surface area (Å²) in [7, 11) is 2.81. The third-order valence-corrected chi connectivity index (χ3v) is 12.0. The van der Waals surface area contributed by atoms with E-state index in [2.05, 4.69) is 33.2 Å². The number of anilines is 3. The van der Waals surface area contributed by atoms with Crippen LogP contribution < -0.4 is 45.5 Å². The number of aliphatic hydroxyl groups is 2. The van der Waals surface area contributed by atoms with Gasteiger partial charge < -0.3 is 69.5 Å². The number of amides is 7. The first-order valence-corrected chi connectivity index (χ1v) is 23.7. The topological polar surface area (TPSA) is 302 Å². The summed E-state index contributed by atoms with van der Waals surface area (Å²) in [6, 6.07) is 9.42. The van der Waals surface area contributed by atoms with Gasteiger partial charge >= 0.3 is 18.3 Å². The van der Waals surface area contributed by atoms with Crippen LogP contribution in [0.15, 0.2) is 61.2 Å². The fraction of sp³-hybridized carbons (Fsp3) is 0.460. The fourth-order valence-electron chi connectivity index (χ4n) is 7.63. The van der Waals surface area contributed by atoms with Crippen LogP contribution in [0.2, 0.25) is 0 Å². The second-order valence-corrected chi connectivity index (χ2v) is 17.4. The number of hydrogen-bond acceptors (Lipinski definition) is 15. The number of alkyl carbamates (subject to hydrolysis) is 1. The van der Waals surface area contributed by atoms with Gasteiger partial charge in [-0.05, 0) is 74.8 Å². The van der Waals surface area contributed by atoms with E-state index in [4.69, 9.17) is 28.4 Å². The number of carboxylic acid groups (broad SMARTS) is 1. The van der Waals surface area contributed by atoms with Crippen molar-refractivity contribution in [3.05, 3.63) is 77.9 Å². The second kappa shape index (κ2) is 27.1. The Balaban J connectivity index is 1.16. The Kier molecular flexibility index (Phi) is 20.9. The molecule has 2 fully saturated rings. The molecule has 2 aliphatic rings. The highest BCUT2D eigenvalue weighted by Gasteiger charge is 2.36. The number of ether oxygens (including phenoxy) is 6. The van der Waals surface area contributed by atoms with Crippen molar-refractivity contribution >= 4 is 59.0 Å². The second-order valence-electron chi connectivity index (χ2n) is 17.4. The van der Waals surface area contributed by atoms with E-state index in [9.17, 15) is 48.9 Å². The molecule has 396 valence electrons. The summed E-state index contributed by atoms with van der Waals surface area (Å²) in [4.78, 5) is 92.8. The SMILES string of the molecule is C=CCOC(=O)N[C@H](C(=O)N[C@@H](C)C(=O)Nc1ccc(COC(=O)Nc2cc(OCCCCCOc3cc(NC(=O)O)c(C(=O)N4CC[C@H]4CO)cc3OC)c(OC)cc2C(=O)N2CC[C@H]2CO)cc1)C(C)C. The van der Waals surface area contributed by atoms with Gasteiger partial charge in [-0.1, -0.05) is 38.6 Å². The Morgan fingerprint density at radius 2 is 1.22 bits per heavy atom. The molecule has 3 aromatic carbocycles. The number of rotatable bonds is 26. The standard InChI is InChI=1S/C50H65N7O16/c1-7-19-72-50(67)55-43(29(2)3)45(61)51-30(4)44(60)52-32-13-11-31(12-14-32)28-73-49(66)54-38-25-42(40(69-6)23-36(38)47(63)57-18-16-34(57)27-59)71-21-10-8-9-20-70-41-24-37(53-48(64)65)35(22-39(41)68-5)46(62)56-17-15-33(56)26-58/h7,11-14,22-25,29-30,33-34,43,53,58-59H,1,8-10,15-21,26-28H2,2-6H3,(H,51,61)(H,52,60)(H,54,66)(H,55,67)(H,64,65)/t30-,33-,34-,43-/m0/s1. The minimum absolute atomic E-state index is 0.0110. The molecule has 23 heteroatoms. The first-order chi connectivity index (χ1) is 35.0. The van der Waals surface area contributed by atoms with Crippen LogP contribution >= 0.6 is 0 Å². The molecular weight excluding hydrogens is 955 g/mol.